The van der Waals surface area contributed by atoms with Gasteiger partial charge in [-0.3, -0.25) is 0 Å². The maximum atomic E-state index is 10.3. The van der Waals surface area contributed by atoms with Crippen LogP contribution in [0.2, 0.25) is 10.0 Å². The van der Waals surface area contributed by atoms with Crippen molar-refractivity contribution >= 4 is 39.1 Å². The Morgan fingerprint density at radius 2 is 1.53 bits per heavy atom. The number of hydrogen-bond donors (Lipinski definition) is 1. The van der Waals surface area contributed by atoms with Crippen molar-refractivity contribution in [2.45, 2.75) is 6.10 Å². The Bertz CT molecular complexity index is 505. The largest absolute Gasteiger partial charge is 0.384 e. The van der Waals surface area contributed by atoms with Crippen LogP contribution >= 0.6 is 39.1 Å². The predicted molar refractivity (Wildman–Crippen MR) is 74.7 cm³/mol. The van der Waals surface area contributed by atoms with Crippen LogP contribution < -0.4 is 0 Å². The van der Waals surface area contributed by atoms with Crippen LogP contribution in [0.15, 0.2) is 46.9 Å². The van der Waals surface area contributed by atoms with Gasteiger partial charge in [-0.05, 0) is 17.7 Å². The standard InChI is InChI=1S/C13H9BrCl2O/c14-9-6-10(15)12(11(16)7-9)13(17)8-4-2-1-3-5-8/h1-7,13,17H. The lowest BCUT2D eigenvalue weighted by atomic mass is 10.0. The average Bonchev–Trinajstić information content (AvgIpc) is 2.28. The van der Waals surface area contributed by atoms with E-state index in [1.165, 1.54) is 0 Å². The van der Waals surface area contributed by atoms with Crippen molar-refractivity contribution in [1.29, 1.82) is 0 Å². The van der Waals surface area contributed by atoms with Crippen LogP contribution in [0.3, 0.4) is 0 Å². The summed E-state index contributed by atoms with van der Waals surface area (Å²) in [6.45, 7) is 0. The zero-order valence-corrected chi connectivity index (χ0v) is 11.8. The molecule has 0 saturated heterocycles. The summed E-state index contributed by atoms with van der Waals surface area (Å²) in [5.41, 5.74) is 1.29. The lowest BCUT2D eigenvalue weighted by Crippen LogP contribution is -2.01. The molecule has 0 bridgehead atoms. The molecule has 0 aliphatic heterocycles. The highest BCUT2D eigenvalue weighted by Crippen LogP contribution is 2.36. The highest BCUT2D eigenvalue weighted by molar-refractivity contribution is 9.10. The molecular formula is C13H9BrCl2O. The Kier molecular flexibility index (Phi) is 4.10. The van der Waals surface area contributed by atoms with Crippen molar-refractivity contribution in [3.05, 3.63) is 68.1 Å². The van der Waals surface area contributed by atoms with Gasteiger partial charge in [0.25, 0.3) is 0 Å². The van der Waals surface area contributed by atoms with Gasteiger partial charge >= 0.3 is 0 Å². The zero-order valence-electron chi connectivity index (χ0n) is 8.70. The predicted octanol–water partition coefficient (Wildman–Crippen LogP) is 4.84. The highest BCUT2D eigenvalue weighted by atomic mass is 79.9. The van der Waals surface area contributed by atoms with E-state index < -0.39 is 6.10 Å². The monoisotopic (exact) mass is 330 g/mol. The van der Waals surface area contributed by atoms with Crippen LogP contribution in [0.25, 0.3) is 0 Å². The van der Waals surface area contributed by atoms with Crippen molar-refractivity contribution in [3.8, 4) is 0 Å². The van der Waals surface area contributed by atoms with Crippen LogP contribution in [-0.4, -0.2) is 5.11 Å². The molecule has 0 fully saturated rings. The van der Waals surface area contributed by atoms with Gasteiger partial charge in [0.1, 0.15) is 6.10 Å². The molecule has 0 aliphatic rings. The molecule has 0 spiro atoms. The van der Waals surface area contributed by atoms with E-state index >= 15 is 0 Å². The molecule has 0 saturated carbocycles. The number of benzene rings is 2. The van der Waals surface area contributed by atoms with Crippen LogP contribution in [0.4, 0.5) is 0 Å². The minimum Gasteiger partial charge on any atom is -0.384 e. The summed E-state index contributed by atoms with van der Waals surface area (Å²) in [5.74, 6) is 0. The third kappa shape index (κ3) is 2.83. The topological polar surface area (TPSA) is 20.2 Å². The number of aliphatic hydroxyl groups excluding tert-OH is 1. The fourth-order valence-corrected chi connectivity index (χ4v) is 3.03. The Hall–Kier alpha value is -0.540. The van der Waals surface area contributed by atoms with Crippen molar-refractivity contribution in [2.75, 3.05) is 0 Å². The normalized spacial score (nSPS) is 12.5. The molecule has 0 amide bonds. The first-order chi connectivity index (χ1) is 8.09. The molecule has 2 rings (SSSR count). The third-order valence-electron chi connectivity index (χ3n) is 2.43. The van der Waals surface area contributed by atoms with E-state index in [-0.39, 0.29) is 0 Å². The highest BCUT2D eigenvalue weighted by Gasteiger charge is 2.17. The summed E-state index contributed by atoms with van der Waals surface area (Å²) in [6.07, 6.45) is -0.815. The molecule has 0 heterocycles. The molecule has 0 aliphatic carbocycles. The van der Waals surface area contributed by atoms with Crippen molar-refractivity contribution < 1.29 is 5.11 Å². The Labute approximate surface area is 118 Å². The van der Waals surface area contributed by atoms with Crippen LogP contribution in [0.1, 0.15) is 17.2 Å². The van der Waals surface area contributed by atoms with Gasteiger partial charge in [-0.2, -0.15) is 0 Å². The fourth-order valence-electron chi connectivity index (χ4n) is 1.62. The van der Waals surface area contributed by atoms with E-state index in [0.717, 1.165) is 10.0 Å². The Balaban J connectivity index is 2.48. The Morgan fingerprint density at radius 1 is 1.00 bits per heavy atom. The lowest BCUT2D eigenvalue weighted by Gasteiger charge is -2.15. The minimum absolute atomic E-state index is 0.445. The second kappa shape index (κ2) is 5.40. The summed E-state index contributed by atoms with van der Waals surface area (Å²) in [5, 5.41) is 11.2. The van der Waals surface area contributed by atoms with Gasteiger partial charge in [0.2, 0.25) is 0 Å². The van der Waals surface area contributed by atoms with Gasteiger partial charge in [0.15, 0.2) is 0 Å². The average molecular weight is 332 g/mol. The molecule has 1 N–H and O–H groups in total. The maximum absolute atomic E-state index is 10.3. The number of hydrogen-bond acceptors (Lipinski definition) is 1. The lowest BCUT2D eigenvalue weighted by molar-refractivity contribution is 0.220. The summed E-state index contributed by atoms with van der Waals surface area (Å²) < 4.78 is 0.788. The van der Waals surface area contributed by atoms with Gasteiger partial charge < -0.3 is 5.11 Å². The first kappa shape index (κ1) is 12.9. The summed E-state index contributed by atoms with van der Waals surface area (Å²) in [4.78, 5) is 0. The summed E-state index contributed by atoms with van der Waals surface area (Å²) in [6, 6.07) is 12.7. The summed E-state index contributed by atoms with van der Waals surface area (Å²) in [7, 11) is 0. The van der Waals surface area contributed by atoms with Gasteiger partial charge in [-0.15, -0.1) is 0 Å². The van der Waals surface area contributed by atoms with E-state index in [1.54, 1.807) is 12.1 Å². The quantitative estimate of drug-likeness (QED) is 0.835. The minimum atomic E-state index is -0.815. The molecule has 2 aromatic carbocycles. The molecule has 1 unspecified atom stereocenters. The molecule has 0 aromatic heterocycles. The van der Waals surface area contributed by atoms with Crippen LogP contribution in [-0.2, 0) is 0 Å². The molecule has 1 atom stereocenters. The second-order valence-corrected chi connectivity index (χ2v) is 5.33. The van der Waals surface area contributed by atoms with Gasteiger partial charge in [0.05, 0.1) is 0 Å². The number of halogens is 3. The third-order valence-corrected chi connectivity index (χ3v) is 3.52. The van der Waals surface area contributed by atoms with Crippen molar-refractivity contribution in [1.82, 2.24) is 0 Å². The molecular weight excluding hydrogens is 323 g/mol. The van der Waals surface area contributed by atoms with E-state index in [1.807, 2.05) is 30.3 Å². The van der Waals surface area contributed by atoms with E-state index in [2.05, 4.69) is 15.9 Å². The fraction of sp³-hybridized carbons (Fsp3) is 0.0769. The molecule has 4 heteroatoms. The van der Waals surface area contributed by atoms with E-state index in [0.29, 0.717) is 15.6 Å². The zero-order chi connectivity index (χ0) is 12.4. The number of aliphatic hydroxyl groups is 1. The number of rotatable bonds is 2. The molecule has 1 nitrogen and oxygen atoms in total. The second-order valence-electron chi connectivity index (χ2n) is 3.60. The first-order valence-corrected chi connectivity index (χ1v) is 6.52. The van der Waals surface area contributed by atoms with Crippen molar-refractivity contribution in [3.63, 3.8) is 0 Å². The van der Waals surface area contributed by atoms with Gasteiger partial charge in [-0.25, -0.2) is 0 Å². The van der Waals surface area contributed by atoms with Gasteiger partial charge in [-0.1, -0.05) is 69.5 Å². The smallest absolute Gasteiger partial charge is 0.107 e. The van der Waals surface area contributed by atoms with Gasteiger partial charge in [0, 0.05) is 20.1 Å². The van der Waals surface area contributed by atoms with Crippen LogP contribution in [0.5, 0.6) is 0 Å². The first-order valence-electron chi connectivity index (χ1n) is 4.97. The molecule has 2 aromatic rings. The van der Waals surface area contributed by atoms with E-state index in [9.17, 15) is 5.11 Å². The van der Waals surface area contributed by atoms with Crippen molar-refractivity contribution in [2.24, 2.45) is 0 Å². The molecule has 17 heavy (non-hydrogen) atoms. The molecule has 88 valence electrons. The summed E-state index contributed by atoms with van der Waals surface area (Å²) >= 11 is 15.5. The molecule has 0 radical (unpaired) electrons. The van der Waals surface area contributed by atoms with E-state index in [4.69, 9.17) is 23.2 Å². The Morgan fingerprint density at radius 3 is 2.06 bits per heavy atom. The maximum Gasteiger partial charge on any atom is 0.107 e. The van der Waals surface area contributed by atoms with Crippen LogP contribution in [0, 0.1) is 0 Å². The SMILES string of the molecule is OC(c1ccccc1)c1c(Cl)cc(Br)cc1Cl.